The Balaban J connectivity index is 1.64. The van der Waals surface area contributed by atoms with Crippen LogP contribution in [-0.4, -0.2) is 24.5 Å². The van der Waals surface area contributed by atoms with Gasteiger partial charge in [-0.2, -0.15) is 0 Å². The fourth-order valence-electron chi connectivity index (χ4n) is 3.10. The molecular formula is C18H23ClN2O. The van der Waals surface area contributed by atoms with Crippen LogP contribution in [0, 0.1) is 0 Å². The first-order valence-corrected chi connectivity index (χ1v) is 8.38. The van der Waals surface area contributed by atoms with Crippen LogP contribution in [0.1, 0.15) is 43.2 Å². The molecule has 118 valence electrons. The molecule has 4 heteroatoms. The minimum Gasteiger partial charge on any atom is -0.468 e. The molecular weight excluding hydrogens is 296 g/mol. The van der Waals surface area contributed by atoms with Gasteiger partial charge in [-0.3, -0.25) is 4.90 Å². The zero-order valence-electron chi connectivity index (χ0n) is 13.0. The molecule has 2 unspecified atom stereocenters. The summed E-state index contributed by atoms with van der Waals surface area (Å²) >= 11 is 5.96. The highest BCUT2D eigenvalue weighted by atomic mass is 35.5. The molecule has 1 N–H and O–H groups in total. The highest BCUT2D eigenvalue weighted by molar-refractivity contribution is 6.30. The Morgan fingerprint density at radius 2 is 1.91 bits per heavy atom. The van der Waals surface area contributed by atoms with Gasteiger partial charge in [0.05, 0.1) is 12.3 Å². The van der Waals surface area contributed by atoms with Crippen molar-refractivity contribution in [3.8, 4) is 0 Å². The van der Waals surface area contributed by atoms with Crippen LogP contribution in [-0.2, 0) is 0 Å². The summed E-state index contributed by atoms with van der Waals surface area (Å²) in [6.07, 6.45) is 4.33. The molecule has 0 amide bonds. The molecule has 2 aromatic rings. The van der Waals surface area contributed by atoms with Gasteiger partial charge >= 0.3 is 0 Å². The van der Waals surface area contributed by atoms with E-state index < -0.39 is 0 Å². The Labute approximate surface area is 137 Å². The normalized spacial score (nSPS) is 18.5. The van der Waals surface area contributed by atoms with Crippen molar-refractivity contribution >= 4 is 11.6 Å². The number of hydrogen-bond acceptors (Lipinski definition) is 3. The van der Waals surface area contributed by atoms with Crippen LogP contribution in [0.2, 0.25) is 5.02 Å². The third kappa shape index (κ3) is 3.72. The molecule has 1 aromatic heterocycles. The smallest absolute Gasteiger partial charge is 0.122 e. The second kappa shape index (κ2) is 7.32. The maximum atomic E-state index is 5.96. The van der Waals surface area contributed by atoms with Crippen molar-refractivity contribution in [1.82, 2.24) is 10.2 Å². The molecule has 3 nitrogen and oxygen atoms in total. The number of benzene rings is 1. The molecule has 1 saturated heterocycles. The minimum atomic E-state index is 0.289. The van der Waals surface area contributed by atoms with Gasteiger partial charge in [0.1, 0.15) is 5.76 Å². The number of nitrogens with zero attached hydrogens (tertiary/aromatic N) is 1. The molecule has 2 atom stereocenters. The SMILES string of the molecule is CC(NCC(c1ccco1)N1CCCC1)c1ccc(Cl)cc1. The molecule has 1 aliphatic heterocycles. The Bertz CT molecular complexity index is 561. The van der Waals surface area contributed by atoms with Crippen molar-refractivity contribution in [2.75, 3.05) is 19.6 Å². The highest BCUT2D eigenvalue weighted by Crippen LogP contribution is 2.26. The summed E-state index contributed by atoms with van der Waals surface area (Å²) in [4.78, 5) is 2.51. The van der Waals surface area contributed by atoms with E-state index in [1.807, 2.05) is 18.2 Å². The van der Waals surface area contributed by atoms with E-state index in [9.17, 15) is 0 Å². The lowest BCUT2D eigenvalue weighted by Crippen LogP contribution is -2.35. The second-order valence-corrected chi connectivity index (χ2v) is 6.39. The number of halogens is 1. The van der Waals surface area contributed by atoms with Crippen molar-refractivity contribution in [3.63, 3.8) is 0 Å². The highest BCUT2D eigenvalue weighted by Gasteiger charge is 2.25. The number of hydrogen-bond donors (Lipinski definition) is 1. The molecule has 0 radical (unpaired) electrons. The van der Waals surface area contributed by atoms with Gasteiger partial charge < -0.3 is 9.73 Å². The molecule has 0 spiro atoms. The first kappa shape index (κ1) is 15.6. The van der Waals surface area contributed by atoms with E-state index in [4.69, 9.17) is 16.0 Å². The third-order valence-corrected chi connectivity index (χ3v) is 4.69. The van der Waals surface area contributed by atoms with Gasteiger partial charge in [0.25, 0.3) is 0 Å². The maximum absolute atomic E-state index is 5.96. The summed E-state index contributed by atoms with van der Waals surface area (Å²) in [5.74, 6) is 1.05. The number of rotatable bonds is 6. The first-order valence-electron chi connectivity index (χ1n) is 8.00. The predicted octanol–water partition coefficient (Wildman–Crippen LogP) is 4.42. The van der Waals surface area contributed by atoms with E-state index in [1.165, 1.54) is 18.4 Å². The van der Waals surface area contributed by atoms with E-state index in [1.54, 1.807) is 6.26 Å². The van der Waals surface area contributed by atoms with Crippen LogP contribution >= 0.6 is 11.6 Å². The topological polar surface area (TPSA) is 28.4 Å². The Kier molecular flexibility index (Phi) is 5.19. The van der Waals surface area contributed by atoms with Gasteiger partial charge in [0.2, 0.25) is 0 Å². The quantitative estimate of drug-likeness (QED) is 0.854. The van der Waals surface area contributed by atoms with Crippen molar-refractivity contribution in [2.45, 2.75) is 31.8 Å². The molecule has 0 aliphatic carbocycles. The van der Waals surface area contributed by atoms with Crippen LogP contribution in [0.5, 0.6) is 0 Å². The monoisotopic (exact) mass is 318 g/mol. The van der Waals surface area contributed by atoms with Gasteiger partial charge in [0.15, 0.2) is 0 Å². The summed E-state index contributed by atoms with van der Waals surface area (Å²) in [6.45, 7) is 5.38. The zero-order valence-corrected chi connectivity index (χ0v) is 13.7. The fraction of sp³-hybridized carbons (Fsp3) is 0.444. The van der Waals surface area contributed by atoms with E-state index in [2.05, 4.69) is 35.3 Å². The first-order chi connectivity index (χ1) is 10.7. The average Bonchev–Trinajstić information content (AvgIpc) is 3.22. The molecule has 0 bridgehead atoms. The largest absolute Gasteiger partial charge is 0.468 e. The van der Waals surface area contributed by atoms with Gasteiger partial charge in [-0.15, -0.1) is 0 Å². The van der Waals surface area contributed by atoms with Gasteiger partial charge in [-0.1, -0.05) is 23.7 Å². The standard InChI is InChI=1S/C18H23ClN2O/c1-14(15-6-8-16(19)9-7-15)20-13-17(18-5-4-12-22-18)21-10-2-3-11-21/h4-9,12,14,17,20H,2-3,10-11,13H2,1H3. The Hall–Kier alpha value is -1.29. The lowest BCUT2D eigenvalue weighted by molar-refractivity contribution is 0.205. The summed E-state index contributed by atoms with van der Waals surface area (Å²) < 4.78 is 5.66. The Morgan fingerprint density at radius 3 is 2.55 bits per heavy atom. The molecule has 1 aromatic carbocycles. The van der Waals surface area contributed by atoms with E-state index >= 15 is 0 Å². The average molecular weight is 319 g/mol. The number of furan rings is 1. The van der Waals surface area contributed by atoms with Crippen LogP contribution in [0.4, 0.5) is 0 Å². The maximum Gasteiger partial charge on any atom is 0.122 e. The van der Waals surface area contributed by atoms with Gasteiger partial charge in [-0.25, -0.2) is 0 Å². The predicted molar refractivity (Wildman–Crippen MR) is 90.1 cm³/mol. The number of nitrogens with one attached hydrogen (secondary N) is 1. The number of likely N-dealkylation sites (tertiary alicyclic amines) is 1. The summed E-state index contributed by atoms with van der Waals surface area (Å²) in [5.41, 5.74) is 1.25. The summed E-state index contributed by atoms with van der Waals surface area (Å²) in [6, 6.07) is 12.7. The fourth-order valence-corrected chi connectivity index (χ4v) is 3.23. The lowest BCUT2D eigenvalue weighted by Gasteiger charge is -2.27. The van der Waals surface area contributed by atoms with E-state index in [-0.39, 0.29) is 6.04 Å². The van der Waals surface area contributed by atoms with Crippen molar-refractivity contribution < 1.29 is 4.42 Å². The molecule has 3 rings (SSSR count). The van der Waals surface area contributed by atoms with Crippen LogP contribution in [0.3, 0.4) is 0 Å². The Morgan fingerprint density at radius 1 is 1.18 bits per heavy atom. The summed E-state index contributed by atoms with van der Waals surface area (Å²) in [7, 11) is 0. The molecule has 22 heavy (non-hydrogen) atoms. The third-order valence-electron chi connectivity index (χ3n) is 4.44. The van der Waals surface area contributed by atoms with E-state index in [0.29, 0.717) is 6.04 Å². The zero-order chi connectivity index (χ0) is 15.4. The minimum absolute atomic E-state index is 0.289. The lowest BCUT2D eigenvalue weighted by atomic mass is 10.1. The van der Waals surface area contributed by atoms with Crippen molar-refractivity contribution in [1.29, 1.82) is 0 Å². The van der Waals surface area contributed by atoms with Crippen LogP contribution in [0.15, 0.2) is 47.1 Å². The summed E-state index contributed by atoms with van der Waals surface area (Å²) in [5, 5.41) is 4.42. The van der Waals surface area contributed by atoms with Crippen LogP contribution < -0.4 is 5.32 Å². The second-order valence-electron chi connectivity index (χ2n) is 5.96. The van der Waals surface area contributed by atoms with Crippen molar-refractivity contribution in [2.24, 2.45) is 0 Å². The molecule has 2 heterocycles. The van der Waals surface area contributed by atoms with E-state index in [0.717, 1.165) is 30.4 Å². The molecule has 1 fully saturated rings. The molecule has 0 saturated carbocycles. The van der Waals surface area contributed by atoms with Gasteiger partial charge in [-0.05, 0) is 62.7 Å². The van der Waals surface area contributed by atoms with Crippen LogP contribution in [0.25, 0.3) is 0 Å². The van der Waals surface area contributed by atoms with Crippen molar-refractivity contribution in [3.05, 3.63) is 59.0 Å². The molecule has 1 aliphatic rings. The van der Waals surface area contributed by atoms with Gasteiger partial charge in [0, 0.05) is 17.6 Å².